The van der Waals surface area contributed by atoms with E-state index in [-0.39, 0.29) is 18.0 Å². The van der Waals surface area contributed by atoms with E-state index in [1.165, 1.54) is 0 Å². The number of carbonyl (C=O) groups is 1. The van der Waals surface area contributed by atoms with Gasteiger partial charge in [-0.15, -0.1) is 0 Å². The molecular formula is C8H13F3N2O. The van der Waals surface area contributed by atoms with Crippen molar-refractivity contribution in [3.8, 4) is 0 Å². The van der Waals surface area contributed by atoms with Crippen molar-refractivity contribution in [2.45, 2.75) is 44.7 Å². The van der Waals surface area contributed by atoms with Gasteiger partial charge in [0.05, 0.1) is 0 Å². The molecule has 1 aliphatic rings. The van der Waals surface area contributed by atoms with Crippen LogP contribution in [0.4, 0.5) is 13.4 Å². The van der Waals surface area contributed by atoms with E-state index in [1.54, 1.807) is 0 Å². The van der Waals surface area contributed by atoms with Gasteiger partial charge in [-0.3, -0.25) is 4.79 Å². The SMILES string of the molecule is CC(=O)N(F)C1(N(F)F)CCCCC1. The molecule has 1 amide bonds. The van der Waals surface area contributed by atoms with Crippen LogP contribution in [0.3, 0.4) is 0 Å². The summed E-state index contributed by atoms with van der Waals surface area (Å²) in [6.45, 7) is 0.944. The molecular weight excluding hydrogens is 197 g/mol. The third-order valence-electron chi connectivity index (χ3n) is 2.61. The number of halogens is 3. The lowest BCUT2D eigenvalue weighted by Gasteiger charge is -2.39. The zero-order valence-corrected chi connectivity index (χ0v) is 7.97. The van der Waals surface area contributed by atoms with Crippen LogP contribution in [0.5, 0.6) is 0 Å². The van der Waals surface area contributed by atoms with Crippen molar-refractivity contribution in [1.82, 2.24) is 10.5 Å². The van der Waals surface area contributed by atoms with E-state index in [1.807, 2.05) is 0 Å². The minimum absolute atomic E-state index is 0.0178. The van der Waals surface area contributed by atoms with Crippen molar-refractivity contribution in [2.24, 2.45) is 0 Å². The van der Waals surface area contributed by atoms with Crippen molar-refractivity contribution < 1.29 is 18.2 Å². The average molecular weight is 210 g/mol. The largest absolute Gasteiger partial charge is 0.273 e. The molecule has 0 atom stereocenters. The number of amides is 1. The fourth-order valence-corrected chi connectivity index (χ4v) is 1.84. The molecule has 0 unspecified atom stereocenters. The molecule has 0 saturated heterocycles. The summed E-state index contributed by atoms with van der Waals surface area (Å²) in [4.78, 5) is 10.7. The van der Waals surface area contributed by atoms with E-state index >= 15 is 0 Å². The fraction of sp³-hybridized carbons (Fsp3) is 0.875. The van der Waals surface area contributed by atoms with E-state index in [0.717, 1.165) is 13.3 Å². The molecule has 0 radical (unpaired) electrons. The molecule has 0 aromatic heterocycles. The van der Waals surface area contributed by atoms with Crippen LogP contribution in [0.2, 0.25) is 0 Å². The molecule has 3 nitrogen and oxygen atoms in total. The Kier molecular flexibility index (Phi) is 3.36. The summed E-state index contributed by atoms with van der Waals surface area (Å²) in [5.74, 6) is -0.979. The van der Waals surface area contributed by atoms with Crippen molar-refractivity contribution in [3.05, 3.63) is 0 Å². The predicted molar refractivity (Wildman–Crippen MR) is 43.5 cm³/mol. The van der Waals surface area contributed by atoms with Crippen LogP contribution in [0.15, 0.2) is 0 Å². The lowest BCUT2D eigenvalue weighted by Crippen LogP contribution is -2.54. The molecule has 0 aromatic carbocycles. The van der Waals surface area contributed by atoms with E-state index in [4.69, 9.17) is 0 Å². The summed E-state index contributed by atoms with van der Waals surface area (Å²) < 4.78 is 38.5. The van der Waals surface area contributed by atoms with Gasteiger partial charge in [0.25, 0.3) is 0 Å². The monoisotopic (exact) mass is 210 g/mol. The van der Waals surface area contributed by atoms with Gasteiger partial charge in [-0.25, -0.2) is 0 Å². The normalized spacial score (nSPS) is 20.9. The summed E-state index contributed by atoms with van der Waals surface area (Å²) in [5, 5.41) is -1.51. The summed E-state index contributed by atoms with van der Waals surface area (Å²) in [7, 11) is 0. The molecule has 0 aromatic rings. The summed E-state index contributed by atoms with van der Waals surface area (Å²) in [6, 6.07) is 0. The van der Waals surface area contributed by atoms with Gasteiger partial charge in [0.2, 0.25) is 5.91 Å². The zero-order valence-electron chi connectivity index (χ0n) is 7.97. The van der Waals surface area contributed by atoms with Crippen LogP contribution in [-0.4, -0.2) is 22.0 Å². The first kappa shape index (κ1) is 11.3. The van der Waals surface area contributed by atoms with Crippen LogP contribution in [0.1, 0.15) is 39.0 Å². The molecule has 0 spiro atoms. The second-order valence-electron chi connectivity index (χ2n) is 3.58. The van der Waals surface area contributed by atoms with Crippen LogP contribution >= 0.6 is 0 Å². The highest BCUT2D eigenvalue weighted by molar-refractivity contribution is 5.72. The van der Waals surface area contributed by atoms with Crippen LogP contribution in [-0.2, 0) is 4.79 Å². The molecule has 0 N–H and O–H groups in total. The van der Waals surface area contributed by atoms with Gasteiger partial charge in [-0.2, -0.15) is 5.12 Å². The Hall–Kier alpha value is -0.780. The topological polar surface area (TPSA) is 23.6 Å². The summed E-state index contributed by atoms with van der Waals surface area (Å²) in [6.07, 6.45) is 1.80. The third-order valence-corrected chi connectivity index (χ3v) is 2.61. The fourth-order valence-electron chi connectivity index (χ4n) is 1.84. The third kappa shape index (κ3) is 1.84. The Morgan fingerprint density at radius 2 is 1.64 bits per heavy atom. The van der Waals surface area contributed by atoms with Gasteiger partial charge in [0, 0.05) is 12.3 Å². The maximum atomic E-state index is 13.3. The molecule has 1 aliphatic carbocycles. The second-order valence-corrected chi connectivity index (χ2v) is 3.58. The Balaban J connectivity index is 2.85. The van der Waals surface area contributed by atoms with Gasteiger partial charge >= 0.3 is 0 Å². The van der Waals surface area contributed by atoms with Gasteiger partial charge < -0.3 is 0 Å². The number of hydrogen-bond acceptors (Lipinski definition) is 2. The standard InChI is InChI=1S/C8H13F3N2O/c1-7(14)12(9)8(13(10)11)5-3-2-4-6-8/h2-6H2,1H3. The number of nitrogens with zero attached hydrogens (tertiary/aromatic N) is 2. The van der Waals surface area contributed by atoms with Crippen molar-refractivity contribution in [1.29, 1.82) is 0 Å². The summed E-state index contributed by atoms with van der Waals surface area (Å²) >= 11 is 0. The van der Waals surface area contributed by atoms with E-state index in [0.29, 0.717) is 12.8 Å². The van der Waals surface area contributed by atoms with E-state index in [9.17, 15) is 18.2 Å². The molecule has 1 rings (SSSR count). The van der Waals surface area contributed by atoms with E-state index in [2.05, 4.69) is 0 Å². The number of hydrogen-bond donors (Lipinski definition) is 0. The zero-order chi connectivity index (χ0) is 10.8. The highest BCUT2D eigenvalue weighted by Crippen LogP contribution is 2.37. The Labute approximate surface area is 80.3 Å². The molecule has 0 aliphatic heterocycles. The first-order valence-electron chi connectivity index (χ1n) is 4.59. The van der Waals surface area contributed by atoms with Crippen LogP contribution in [0.25, 0.3) is 0 Å². The van der Waals surface area contributed by atoms with Gasteiger partial charge in [-0.1, -0.05) is 19.9 Å². The highest BCUT2D eigenvalue weighted by Gasteiger charge is 2.48. The molecule has 1 fully saturated rings. The first-order valence-corrected chi connectivity index (χ1v) is 4.59. The minimum Gasteiger partial charge on any atom is -0.273 e. The maximum absolute atomic E-state index is 13.3. The maximum Gasteiger partial charge on any atom is 0.249 e. The molecule has 6 heteroatoms. The molecule has 82 valence electrons. The quantitative estimate of drug-likeness (QED) is 0.516. The Morgan fingerprint density at radius 3 is 2.00 bits per heavy atom. The number of rotatable bonds is 2. The van der Waals surface area contributed by atoms with Crippen molar-refractivity contribution in [2.75, 3.05) is 0 Å². The Morgan fingerprint density at radius 1 is 1.14 bits per heavy atom. The van der Waals surface area contributed by atoms with Crippen LogP contribution in [0, 0.1) is 0 Å². The van der Waals surface area contributed by atoms with E-state index < -0.39 is 16.9 Å². The van der Waals surface area contributed by atoms with Crippen molar-refractivity contribution >= 4 is 5.91 Å². The minimum atomic E-state index is -2.02. The smallest absolute Gasteiger partial charge is 0.249 e. The average Bonchev–Trinajstić information content (AvgIpc) is 2.17. The summed E-state index contributed by atoms with van der Waals surface area (Å²) in [5.41, 5.74) is -2.02. The highest BCUT2D eigenvalue weighted by atomic mass is 19.4. The van der Waals surface area contributed by atoms with Gasteiger partial charge in [0.1, 0.15) is 0 Å². The Bertz CT molecular complexity index is 217. The molecule has 14 heavy (non-hydrogen) atoms. The molecule has 1 saturated carbocycles. The van der Waals surface area contributed by atoms with Gasteiger partial charge in [0.15, 0.2) is 5.66 Å². The number of carbonyl (C=O) groups excluding carboxylic acids is 1. The van der Waals surface area contributed by atoms with Crippen LogP contribution < -0.4 is 0 Å². The van der Waals surface area contributed by atoms with Gasteiger partial charge in [-0.05, 0) is 25.7 Å². The lowest BCUT2D eigenvalue weighted by molar-refractivity contribution is -0.315. The first-order chi connectivity index (χ1) is 6.50. The lowest BCUT2D eigenvalue weighted by atomic mass is 9.89. The molecule has 0 bridgehead atoms. The second kappa shape index (κ2) is 4.16. The van der Waals surface area contributed by atoms with Crippen molar-refractivity contribution in [3.63, 3.8) is 0 Å². The molecule has 0 heterocycles. The predicted octanol–water partition coefficient (Wildman–Crippen LogP) is 2.45.